The van der Waals surface area contributed by atoms with Gasteiger partial charge in [0.05, 0.1) is 12.2 Å². The van der Waals surface area contributed by atoms with Crippen LogP contribution in [0.2, 0.25) is 0 Å². The van der Waals surface area contributed by atoms with Crippen LogP contribution < -0.4 is 0 Å². The Kier molecular flexibility index (Phi) is 5.74. The zero-order chi connectivity index (χ0) is 13.5. The Morgan fingerprint density at radius 2 is 2.11 bits per heavy atom. The highest BCUT2D eigenvalue weighted by molar-refractivity contribution is 6.18. The van der Waals surface area contributed by atoms with Gasteiger partial charge in [-0.3, -0.25) is 4.79 Å². The molecular weight excluding hydrogens is 258 g/mol. The van der Waals surface area contributed by atoms with Gasteiger partial charge < -0.3 is 19.8 Å². The van der Waals surface area contributed by atoms with Crippen molar-refractivity contribution in [2.24, 2.45) is 0 Å². The van der Waals surface area contributed by atoms with Crippen molar-refractivity contribution in [1.82, 2.24) is 4.90 Å². The molecule has 0 aliphatic heterocycles. The summed E-state index contributed by atoms with van der Waals surface area (Å²) in [5, 5.41) is 19.0. The average molecular weight is 274 g/mol. The van der Waals surface area contributed by atoms with Crippen LogP contribution >= 0.6 is 11.6 Å². The fourth-order valence-corrected chi connectivity index (χ4v) is 1.70. The Labute approximate surface area is 111 Å². The molecule has 5 nitrogen and oxygen atoms in total. The number of ether oxygens (including phenoxy) is 1. The molecule has 2 N–H and O–H groups in total. The molecule has 0 spiro atoms. The maximum atomic E-state index is 12.2. The van der Waals surface area contributed by atoms with E-state index in [-0.39, 0.29) is 23.1 Å². The van der Waals surface area contributed by atoms with Crippen LogP contribution in [0.15, 0.2) is 18.2 Å². The quantitative estimate of drug-likeness (QED) is 0.608. The van der Waals surface area contributed by atoms with Gasteiger partial charge in [-0.05, 0) is 12.1 Å². The van der Waals surface area contributed by atoms with Crippen molar-refractivity contribution < 1.29 is 19.7 Å². The minimum atomic E-state index is -0.417. The zero-order valence-corrected chi connectivity index (χ0v) is 10.9. The third kappa shape index (κ3) is 3.51. The molecule has 0 aromatic heterocycles. The Bertz CT molecular complexity index is 411. The topological polar surface area (TPSA) is 70.0 Å². The van der Waals surface area contributed by atoms with Gasteiger partial charge in [-0.2, -0.15) is 0 Å². The predicted molar refractivity (Wildman–Crippen MR) is 68.3 cm³/mol. The minimum Gasteiger partial charge on any atom is -0.504 e. The molecule has 0 aliphatic rings. The van der Waals surface area contributed by atoms with E-state index in [0.29, 0.717) is 19.7 Å². The number of hydrogen-bond acceptors (Lipinski definition) is 4. The van der Waals surface area contributed by atoms with Gasteiger partial charge in [0.15, 0.2) is 11.5 Å². The van der Waals surface area contributed by atoms with E-state index in [9.17, 15) is 15.0 Å². The van der Waals surface area contributed by atoms with Crippen molar-refractivity contribution in [3.05, 3.63) is 23.8 Å². The Morgan fingerprint density at radius 1 is 1.39 bits per heavy atom. The summed E-state index contributed by atoms with van der Waals surface area (Å²) < 4.78 is 4.91. The summed E-state index contributed by atoms with van der Waals surface area (Å²) >= 11 is 5.63. The Hall–Kier alpha value is -1.46. The van der Waals surface area contributed by atoms with Crippen LogP contribution in [-0.2, 0) is 4.74 Å². The Morgan fingerprint density at radius 3 is 2.72 bits per heavy atom. The molecular formula is C12H16ClNO4. The van der Waals surface area contributed by atoms with Gasteiger partial charge in [0, 0.05) is 26.1 Å². The van der Waals surface area contributed by atoms with E-state index in [0.717, 1.165) is 0 Å². The number of nitrogens with zero attached hydrogens (tertiary/aromatic N) is 1. The fraction of sp³-hybridized carbons (Fsp3) is 0.417. The van der Waals surface area contributed by atoms with Gasteiger partial charge in [0.2, 0.25) is 0 Å². The van der Waals surface area contributed by atoms with Crippen LogP contribution in [0.5, 0.6) is 11.5 Å². The van der Waals surface area contributed by atoms with Crippen LogP contribution in [0.25, 0.3) is 0 Å². The minimum absolute atomic E-state index is 0.0521. The zero-order valence-electron chi connectivity index (χ0n) is 10.1. The summed E-state index contributed by atoms with van der Waals surface area (Å²) in [6.45, 7) is 1.10. The van der Waals surface area contributed by atoms with Crippen LogP contribution in [0, 0.1) is 0 Å². The number of carbonyl (C=O) groups is 1. The van der Waals surface area contributed by atoms with Crippen molar-refractivity contribution in [2.45, 2.75) is 0 Å². The smallest absolute Gasteiger partial charge is 0.257 e. The van der Waals surface area contributed by atoms with Gasteiger partial charge in [-0.15, -0.1) is 11.6 Å². The van der Waals surface area contributed by atoms with Crippen molar-refractivity contribution in [3.8, 4) is 11.5 Å². The summed E-state index contributed by atoms with van der Waals surface area (Å²) in [5.41, 5.74) is 0.0521. The molecule has 0 bridgehead atoms. The van der Waals surface area contributed by atoms with Crippen LogP contribution in [-0.4, -0.2) is 53.7 Å². The molecule has 1 aromatic rings. The van der Waals surface area contributed by atoms with E-state index in [4.69, 9.17) is 16.3 Å². The van der Waals surface area contributed by atoms with Crippen LogP contribution in [0.4, 0.5) is 0 Å². The van der Waals surface area contributed by atoms with E-state index < -0.39 is 5.75 Å². The monoisotopic (exact) mass is 273 g/mol. The number of halogens is 1. The van der Waals surface area contributed by atoms with Gasteiger partial charge in [0.25, 0.3) is 5.91 Å². The first kappa shape index (κ1) is 14.6. The average Bonchev–Trinajstić information content (AvgIpc) is 2.37. The molecule has 1 rings (SSSR count). The molecule has 0 radical (unpaired) electrons. The van der Waals surface area contributed by atoms with Crippen molar-refractivity contribution in [2.75, 3.05) is 32.7 Å². The van der Waals surface area contributed by atoms with Gasteiger partial charge in [0.1, 0.15) is 0 Å². The van der Waals surface area contributed by atoms with E-state index in [1.165, 1.54) is 30.2 Å². The molecule has 0 atom stereocenters. The molecule has 100 valence electrons. The highest BCUT2D eigenvalue weighted by Gasteiger charge is 2.19. The number of amides is 1. The number of rotatable bonds is 6. The lowest BCUT2D eigenvalue weighted by atomic mass is 10.1. The van der Waals surface area contributed by atoms with Gasteiger partial charge in [-0.25, -0.2) is 0 Å². The summed E-state index contributed by atoms with van der Waals surface area (Å²) in [6, 6.07) is 4.26. The van der Waals surface area contributed by atoms with Crippen LogP contribution in [0.3, 0.4) is 0 Å². The maximum absolute atomic E-state index is 12.2. The maximum Gasteiger partial charge on any atom is 0.257 e. The van der Waals surface area contributed by atoms with E-state index >= 15 is 0 Å². The molecule has 18 heavy (non-hydrogen) atoms. The molecule has 0 saturated carbocycles. The number of para-hydroxylation sites is 1. The van der Waals surface area contributed by atoms with Crippen LogP contribution in [0.1, 0.15) is 10.4 Å². The summed E-state index contributed by atoms with van der Waals surface area (Å²) in [7, 11) is 1.54. The number of benzene rings is 1. The molecule has 0 fully saturated rings. The number of phenols is 2. The highest BCUT2D eigenvalue weighted by Crippen LogP contribution is 2.29. The van der Waals surface area contributed by atoms with E-state index in [1.807, 2.05) is 0 Å². The first-order chi connectivity index (χ1) is 8.61. The molecule has 0 unspecified atom stereocenters. The molecule has 1 amide bonds. The lowest BCUT2D eigenvalue weighted by molar-refractivity contribution is 0.0704. The molecule has 0 aliphatic carbocycles. The number of methoxy groups -OCH3 is 1. The third-order valence-corrected chi connectivity index (χ3v) is 2.62. The molecule has 1 aromatic carbocycles. The highest BCUT2D eigenvalue weighted by atomic mass is 35.5. The summed E-state index contributed by atoms with van der Waals surface area (Å²) in [5.74, 6) is -0.839. The van der Waals surface area contributed by atoms with Crippen molar-refractivity contribution in [3.63, 3.8) is 0 Å². The number of alkyl halides is 1. The molecule has 0 heterocycles. The first-order valence-corrected chi connectivity index (χ1v) is 6.00. The second-order valence-corrected chi connectivity index (χ2v) is 4.03. The first-order valence-electron chi connectivity index (χ1n) is 5.47. The fourth-order valence-electron chi connectivity index (χ4n) is 1.49. The number of aromatic hydroxyl groups is 2. The van der Waals surface area contributed by atoms with E-state index in [2.05, 4.69) is 0 Å². The number of carbonyl (C=O) groups excluding carboxylic acids is 1. The summed E-state index contributed by atoms with van der Waals surface area (Å²) in [6.07, 6.45) is 0. The standard InChI is InChI=1S/C12H16ClNO4/c1-18-8-7-14(6-5-13)12(17)9-3-2-4-10(15)11(9)16/h2-4,15-16H,5-8H2,1H3. The third-order valence-electron chi connectivity index (χ3n) is 2.45. The normalized spacial score (nSPS) is 10.3. The Balaban J connectivity index is 2.90. The summed E-state index contributed by atoms with van der Waals surface area (Å²) in [4.78, 5) is 13.6. The number of hydrogen-bond donors (Lipinski definition) is 2. The number of phenolic OH excluding ortho intramolecular Hbond substituents is 2. The van der Waals surface area contributed by atoms with Gasteiger partial charge in [-0.1, -0.05) is 6.07 Å². The molecule has 6 heteroatoms. The lowest BCUT2D eigenvalue weighted by Crippen LogP contribution is -2.35. The largest absolute Gasteiger partial charge is 0.504 e. The SMILES string of the molecule is COCCN(CCCl)C(=O)c1cccc(O)c1O. The predicted octanol–water partition coefficient (Wildman–Crippen LogP) is 1.43. The molecule has 0 saturated heterocycles. The van der Waals surface area contributed by atoms with Gasteiger partial charge >= 0.3 is 0 Å². The van der Waals surface area contributed by atoms with E-state index in [1.54, 1.807) is 0 Å². The van der Waals surface area contributed by atoms with Crippen molar-refractivity contribution in [1.29, 1.82) is 0 Å². The van der Waals surface area contributed by atoms with Crippen molar-refractivity contribution >= 4 is 17.5 Å². The second-order valence-electron chi connectivity index (χ2n) is 3.65. The lowest BCUT2D eigenvalue weighted by Gasteiger charge is -2.21. The second kappa shape index (κ2) is 7.08.